The van der Waals surface area contributed by atoms with Crippen molar-refractivity contribution in [2.24, 2.45) is 0 Å². The predicted octanol–water partition coefficient (Wildman–Crippen LogP) is 24.3. The van der Waals surface area contributed by atoms with Gasteiger partial charge in [0.1, 0.15) is 13.2 Å². The number of carbonyl (C=O) groups is 3. The van der Waals surface area contributed by atoms with Gasteiger partial charge in [-0.25, -0.2) is 0 Å². The summed E-state index contributed by atoms with van der Waals surface area (Å²) in [4.78, 5) is 38.4. The van der Waals surface area contributed by atoms with Crippen LogP contribution in [0.2, 0.25) is 0 Å². The lowest BCUT2D eigenvalue weighted by Gasteiger charge is -2.18. The Balaban J connectivity index is 4.17. The van der Waals surface area contributed by atoms with Gasteiger partial charge in [0.2, 0.25) is 0 Å². The number of esters is 3. The average molecular weight is 1120 g/mol. The molecule has 0 aromatic rings. The maximum atomic E-state index is 12.9. The lowest BCUT2D eigenvalue weighted by Crippen LogP contribution is -2.30. The molecule has 0 radical (unpaired) electrons. The molecule has 0 aromatic heterocycles. The summed E-state index contributed by atoms with van der Waals surface area (Å²) < 4.78 is 17.0. The van der Waals surface area contributed by atoms with E-state index in [-0.39, 0.29) is 31.1 Å². The second kappa shape index (κ2) is 68.6. The Bertz CT molecular complexity index is 1430. The fourth-order valence-electron chi connectivity index (χ4n) is 10.5. The fourth-order valence-corrected chi connectivity index (χ4v) is 10.5. The Morgan fingerprint density at radius 3 is 0.775 bits per heavy atom. The van der Waals surface area contributed by atoms with Crippen LogP contribution in [0.5, 0.6) is 0 Å². The number of rotatable bonds is 65. The van der Waals surface area contributed by atoms with Crippen LogP contribution in [0.3, 0.4) is 0 Å². The van der Waals surface area contributed by atoms with Gasteiger partial charge in [-0.2, -0.15) is 0 Å². The smallest absolute Gasteiger partial charge is 0.306 e. The molecule has 0 aliphatic carbocycles. The van der Waals surface area contributed by atoms with Gasteiger partial charge >= 0.3 is 17.9 Å². The van der Waals surface area contributed by atoms with Gasteiger partial charge in [0.15, 0.2) is 6.10 Å². The number of unbranched alkanes of at least 4 members (excludes halogenated alkanes) is 44. The minimum Gasteiger partial charge on any atom is -0.462 e. The quantitative estimate of drug-likeness (QED) is 0.0261. The van der Waals surface area contributed by atoms with Crippen molar-refractivity contribution in [3.63, 3.8) is 0 Å². The molecule has 0 aromatic carbocycles. The topological polar surface area (TPSA) is 78.9 Å². The molecule has 0 rings (SSSR count). The molecule has 80 heavy (non-hydrogen) atoms. The van der Waals surface area contributed by atoms with Crippen LogP contribution in [0.15, 0.2) is 60.8 Å². The summed E-state index contributed by atoms with van der Waals surface area (Å²) in [5, 5.41) is 0. The van der Waals surface area contributed by atoms with Gasteiger partial charge in [0, 0.05) is 19.3 Å². The molecule has 1 unspecified atom stereocenters. The van der Waals surface area contributed by atoms with E-state index in [9.17, 15) is 14.4 Å². The van der Waals surface area contributed by atoms with Crippen molar-refractivity contribution in [1.82, 2.24) is 0 Å². The summed E-state index contributed by atoms with van der Waals surface area (Å²) in [6, 6.07) is 0. The molecule has 1 atom stereocenters. The zero-order valence-corrected chi connectivity index (χ0v) is 53.6. The van der Waals surface area contributed by atoms with Crippen molar-refractivity contribution in [2.45, 2.75) is 380 Å². The van der Waals surface area contributed by atoms with E-state index in [2.05, 4.69) is 81.5 Å². The molecule has 0 spiro atoms. The van der Waals surface area contributed by atoms with Gasteiger partial charge in [0.05, 0.1) is 0 Å². The van der Waals surface area contributed by atoms with Gasteiger partial charge in [-0.1, -0.05) is 313 Å². The average Bonchev–Trinajstić information content (AvgIpc) is 3.46. The Morgan fingerprint density at radius 2 is 0.487 bits per heavy atom. The zero-order chi connectivity index (χ0) is 57.8. The summed E-state index contributed by atoms with van der Waals surface area (Å²) in [5.41, 5.74) is 0. The Kier molecular flexibility index (Phi) is 66.1. The van der Waals surface area contributed by atoms with Crippen molar-refractivity contribution in [1.29, 1.82) is 0 Å². The molecule has 0 N–H and O–H groups in total. The number of allylic oxidation sites excluding steroid dienone is 10. The predicted molar refractivity (Wildman–Crippen MR) is 348 cm³/mol. The van der Waals surface area contributed by atoms with Gasteiger partial charge in [-0.05, 0) is 103 Å². The molecule has 0 saturated carbocycles. The largest absolute Gasteiger partial charge is 0.462 e. The number of hydrogen-bond donors (Lipinski definition) is 0. The maximum absolute atomic E-state index is 12.9. The highest BCUT2D eigenvalue weighted by Crippen LogP contribution is 2.18. The van der Waals surface area contributed by atoms with Crippen LogP contribution in [0.1, 0.15) is 374 Å². The normalized spacial score (nSPS) is 12.4. The van der Waals surface area contributed by atoms with Crippen molar-refractivity contribution in [3.8, 4) is 0 Å². The van der Waals surface area contributed by atoms with Crippen molar-refractivity contribution in [3.05, 3.63) is 60.8 Å². The first-order valence-corrected chi connectivity index (χ1v) is 35.3. The Morgan fingerprint density at radius 1 is 0.263 bits per heavy atom. The first-order chi connectivity index (χ1) is 39.5. The van der Waals surface area contributed by atoms with Crippen LogP contribution in [0.25, 0.3) is 0 Å². The molecule has 6 nitrogen and oxygen atoms in total. The first kappa shape index (κ1) is 77.1. The van der Waals surface area contributed by atoms with Crippen LogP contribution < -0.4 is 0 Å². The zero-order valence-electron chi connectivity index (χ0n) is 53.6. The van der Waals surface area contributed by atoms with Gasteiger partial charge in [-0.15, -0.1) is 0 Å². The van der Waals surface area contributed by atoms with E-state index in [1.54, 1.807) is 0 Å². The lowest BCUT2D eigenvalue weighted by atomic mass is 10.0. The third-order valence-corrected chi connectivity index (χ3v) is 15.7. The molecule has 466 valence electrons. The van der Waals surface area contributed by atoms with Gasteiger partial charge in [-0.3, -0.25) is 14.4 Å². The molecule has 0 saturated heterocycles. The highest BCUT2D eigenvalue weighted by Gasteiger charge is 2.19. The summed E-state index contributed by atoms with van der Waals surface area (Å²) >= 11 is 0. The molecule has 0 bridgehead atoms. The third-order valence-electron chi connectivity index (χ3n) is 15.7. The van der Waals surface area contributed by atoms with Crippen molar-refractivity contribution < 1.29 is 28.6 Å². The Hall–Kier alpha value is -2.89. The van der Waals surface area contributed by atoms with E-state index in [0.717, 1.165) is 89.9 Å². The highest BCUT2D eigenvalue weighted by molar-refractivity contribution is 5.71. The lowest BCUT2D eigenvalue weighted by molar-refractivity contribution is -0.167. The second-order valence-corrected chi connectivity index (χ2v) is 23.8. The Labute approximate surface area is 498 Å². The highest BCUT2D eigenvalue weighted by atomic mass is 16.6. The van der Waals surface area contributed by atoms with Crippen LogP contribution >= 0.6 is 0 Å². The number of hydrogen-bond acceptors (Lipinski definition) is 6. The van der Waals surface area contributed by atoms with Crippen LogP contribution in [0.4, 0.5) is 0 Å². The summed E-state index contributed by atoms with van der Waals surface area (Å²) in [7, 11) is 0. The van der Waals surface area contributed by atoms with E-state index in [1.807, 2.05) is 0 Å². The molecule has 6 heteroatoms. The molecule has 0 fully saturated rings. The maximum Gasteiger partial charge on any atom is 0.306 e. The van der Waals surface area contributed by atoms with E-state index in [1.165, 1.54) is 244 Å². The summed E-state index contributed by atoms with van der Waals surface area (Å²) in [5.74, 6) is -0.876. The van der Waals surface area contributed by atoms with E-state index in [4.69, 9.17) is 14.2 Å². The molecule has 0 heterocycles. The molecular weight excluding hydrogens is 985 g/mol. The van der Waals surface area contributed by atoms with Crippen LogP contribution in [-0.2, 0) is 28.6 Å². The monoisotopic (exact) mass is 1120 g/mol. The number of carbonyl (C=O) groups excluding carboxylic acids is 3. The first-order valence-electron chi connectivity index (χ1n) is 35.3. The van der Waals surface area contributed by atoms with Crippen molar-refractivity contribution in [2.75, 3.05) is 13.2 Å². The van der Waals surface area contributed by atoms with Crippen molar-refractivity contribution >= 4 is 17.9 Å². The molecule has 0 aliphatic heterocycles. The standard InChI is InChI=1S/C74H134O6/c1-4-7-10-13-16-19-22-25-28-30-31-32-33-34-35-36-37-38-39-40-41-42-43-45-46-49-52-55-58-61-64-67-73(76)79-70-71(69-78-72(75)66-63-60-57-54-51-48-27-24-21-18-15-12-9-6-3)80-74(77)68-65-62-59-56-53-50-47-44-29-26-23-20-17-14-11-8-5-2/h8,11,17,20,24,26-27,29-31,71H,4-7,9-10,12-16,18-19,21-23,25,28,32-70H2,1-3H3/b11-8-,20-17-,27-24-,29-26-,31-30-. The minimum absolute atomic E-state index is 0.0776. The molecular formula is C74H134O6. The third kappa shape index (κ3) is 65.9. The summed E-state index contributed by atoms with van der Waals surface area (Å²) in [6.45, 7) is 6.56. The molecule has 0 aliphatic rings. The van der Waals surface area contributed by atoms with E-state index >= 15 is 0 Å². The van der Waals surface area contributed by atoms with Gasteiger partial charge in [0.25, 0.3) is 0 Å². The van der Waals surface area contributed by atoms with E-state index < -0.39 is 6.10 Å². The van der Waals surface area contributed by atoms with Crippen LogP contribution in [-0.4, -0.2) is 37.2 Å². The second-order valence-electron chi connectivity index (χ2n) is 23.8. The van der Waals surface area contributed by atoms with E-state index in [0.29, 0.717) is 19.3 Å². The van der Waals surface area contributed by atoms with Crippen LogP contribution in [0, 0.1) is 0 Å². The summed E-state index contributed by atoms with van der Waals surface area (Å²) in [6.07, 6.45) is 88.3. The number of ether oxygens (including phenoxy) is 3. The SMILES string of the molecule is CC/C=C\C/C=C\C/C=C\CCCCCCCCCC(=O)OC(COC(=O)CCCCCCC/C=C\CCCCCCC)COC(=O)CCCCCCCCCCCCCCCCCCCCC/C=C\CCCCCCCCCC. The molecule has 0 amide bonds. The fraction of sp³-hybridized carbons (Fsp3) is 0.824. The van der Waals surface area contributed by atoms with Gasteiger partial charge < -0.3 is 14.2 Å². The minimum atomic E-state index is -0.783.